The molecule has 0 spiro atoms. The summed E-state index contributed by atoms with van der Waals surface area (Å²) in [5.74, 6) is 2.21. The lowest BCUT2D eigenvalue weighted by Gasteiger charge is -2.12. The van der Waals surface area contributed by atoms with Crippen molar-refractivity contribution in [3.8, 4) is 11.5 Å². The molecule has 26 heavy (non-hydrogen) atoms. The summed E-state index contributed by atoms with van der Waals surface area (Å²) in [4.78, 5) is 8.95. The molecule has 7 heteroatoms. The molecule has 1 aromatic carbocycles. The van der Waals surface area contributed by atoms with Gasteiger partial charge in [-0.15, -0.1) is 24.0 Å². The zero-order valence-corrected chi connectivity index (χ0v) is 17.8. The first-order valence-electron chi connectivity index (χ1n) is 8.39. The number of aromatic nitrogens is 1. The summed E-state index contributed by atoms with van der Waals surface area (Å²) in [6, 6.07) is 11.8. The van der Waals surface area contributed by atoms with Gasteiger partial charge in [0.25, 0.3) is 0 Å². The Morgan fingerprint density at radius 1 is 1.08 bits per heavy atom. The van der Waals surface area contributed by atoms with Crippen LogP contribution in [0, 0.1) is 0 Å². The number of hydrogen-bond acceptors (Lipinski definition) is 4. The van der Waals surface area contributed by atoms with Crippen LogP contribution in [0.15, 0.2) is 47.6 Å². The van der Waals surface area contributed by atoms with Crippen molar-refractivity contribution in [2.45, 2.75) is 19.9 Å². The quantitative estimate of drug-likeness (QED) is 0.353. The number of guanidine groups is 1. The van der Waals surface area contributed by atoms with Gasteiger partial charge in [0.2, 0.25) is 0 Å². The fraction of sp³-hybridized carbons (Fsp3) is 0.368. The number of rotatable bonds is 8. The number of ether oxygens (including phenoxy) is 2. The predicted octanol–water partition coefficient (Wildman–Crippen LogP) is 3.01. The number of aliphatic imine (C=N–C) groups is 1. The molecule has 2 N–H and O–H groups in total. The number of methoxy groups -OCH3 is 2. The first-order chi connectivity index (χ1) is 12.3. The second kappa shape index (κ2) is 12.3. The van der Waals surface area contributed by atoms with E-state index in [9.17, 15) is 0 Å². The lowest BCUT2D eigenvalue weighted by atomic mass is 10.2. The minimum absolute atomic E-state index is 0. The van der Waals surface area contributed by atoms with Crippen LogP contribution in [0.25, 0.3) is 0 Å². The second-order valence-electron chi connectivity index (χ2n) is 5.38. The lowest BCUT2D eigenvalue weighted by Crippen LogP contribution is -2.38. The number of nitrogens with zero attached hydrogens (tertiary/aromatic N) is 2. The van der Waals surface area contributed by atoms with E-state index in [-0.39, 0.29) is 24.0 Å². The number of hydrogen-bond donors (Lipinski definition) is 2. The minimum atomic E-state index is 0. The third-order valence-electron chi connectivity index (χ3n) is 3.61. The second-order valence-corrected chi connectivity index (χ2v) is 5.38. The SMILES string of the molecule is CCNC(=NCc1ccc(OC)c(OC)c1)NCCc1ccccn1.I. The fourth-order valence-electron chi connectivity index (χ4n) is 2.35. The van der Waals surface area contributed by atoms with Gasteiger partial charge in [-0.2, -0.15) is 0 Å². The van der Waals surface area contributed by atoms with Gasteiger partial charge >= 0.3 is 0 Å². The minimum Gasteiger partial charge on any atom is -0.493 e. The molecule has 0 saturated heterocycles. The van der Waals surface area contributed by atoms with Crippen molar-refractivity contribution in [3.63, 3.8) is 0 Å². The van der Waals surface area contributed by atoms with Gasteiger partial charge in [0.1, 0.15) is 0 Å². The van der Waals surface area contributed by atoms with Crippen LogP contribution in [0.5, 0.6) is 11.5 Å². The highest BCUT2D eigenvalue weighted by molar-refractivity contribution is 14.0. The monoisotopic (exact) mass is 470 g/mol. The van der Waals surface area contributed by atoms with Gasteiger partial charge < -0.3 is 20.1 Å². The smallest absolute Gasteiger partial charge is 0.191 e. The van der Waals surface area contributed by atoms with Crippen molar-refractivity contribution in [2.24, 2.45) is 4.99 Å². The van der Waals surface area contributed by atoms with Gasteiger partial charge in [0.15, 0.2) is 17.5 Å². The molecule has 1 aromatic heterocycles. The van der Waals surface area contributed by atoms with Crippen LogP contribution in [0.1, 0.15) is 18.2 Å². The zero-order valence-electron chi connectivity index (χ0n) is 15.5. The Balaban J connectivity index is 0.00000338. The van der Waals surface area contributed by atoms with Gasteiger partial charge in [-0.25, -0.2) is 4.99 Å². The standard InChI is InChI=1S/C19H26N4O2.HI/c1-4-20-19(22-12-10-16-7-5-6-11-21-16)23-14-15-8-9-17(24-2)18(13-15)25-3;/h5-9,11,13H,4,10,12,14H2,1-3H3,(H2,20,22,23);1H. The van der Waals surface area contributed by atoms with Crippen LogP contribution in [0.4, 0.5) is 0 Å². The molecule has 0 unspecified atom stereocenters. The van der Waals surface area contributed by atoms with Crippen molar-refractivity contribution in [1.29, 1.82) is 0 Å². The normalized spacial score (nSPS) is 10.7. The molecule has 2 rings (SSSR count). The molecular weight excluding hydrogens is 443 g/mol. The summed E-state index contributed by atoms with van der Waals surface area (Å²) < 4.78 is 10.6. The summed E-state index contributed by atoms with van der Waals surface area (Å²) >= 11 is 0. The molecule has 0 bridgehead atoms. The van der Waals surface area contributed by atoms with Gasteiger partial charge in [0.05, 0.1) is 20.8 Å². The van der Waals surface area contributed by atoms with Crippen LogP contribution in [-0.4, -0.2) is 38.3 Å². The van der Waals surface area contributed by atoms with Crippen molar-refractivity contribution in [2.75, 3.05) is 27.3 Å². The Kier molecular flexibility index (Phi) is 10.5. The first kappa shape index (κ1) is 22.0. The van der Waals surface area contributed by atoms with E-state index >= 15 is 0 Å². The molecule has 0 saturated carbocycles. The maximum Gasteiger partial charge on any atom is 0.191 e. The highest BCUT2D eigenvalue weighted by Gasteiger charge is 2.05. The van der Waals surface area contributed by atoms with E-state index in [1.807, 2.05) is 49.5 Å². The van der Waals surface area contributed by atoms with E-state index in [4.69, 9.17) is 9.47 Å². The average molecular weight is 470 g/mol. The molecule has 0 fully saturated rings. The number of pyridine rings is 1. The summed E-state index contributed by atoms with van der Waals surface area (Å²) in [5, 5.41) is 6.59. The Morgan fingerprint density at radius 3 is 2.54 bits per heavy atom. The van der Waals surface area contributed by atoms with E-state index in [2.05, 4.69) is 20.6 Å². The number of nitrogens with one attached hydrogen (secondary N) is 2. The molecular formula is C19H27IN4O2. The third-order valence-corrected chi connectivity index (χ3v) is 3.61. The summed E-state index contributed by atoms with van der Waals surface area (Å²) in [5.41, 5.74) is 2.12. The highest BCUT2D eigenvalue weighted by atomic mass is 127. The lowest BCUT2D eigenvalue weighted by molar-refractivity contribution is 0.354. The predicted molar refractivity (Wildman–Crippen MR) is 116 cm³/mol. The molecule has 142 valence electrons. The van der Waals surface area contributed by atoms with E-state index < -0.39 is 0 Å². The molecule has 0 radical (unpaired) electrons. The number of benzene rings is 1. The van der Waals surface area contributed by atoms with E-state index in [1.165, 1.54) is 0 Å². The molecule has 0 amide bonds. The highest BCUT2D eigenvalue weighted by Crippen LogP contribution is 2.27. The summed E-state index contributed by atoms with van der Waals surface area (Å²) in [6.07, 6.45) is 2.66. The van der Waals surface area contributed by atoms with Crippen LogP contribution >= 0.6 is 24.0 Å². The summed E-state index contributed by atoms with van der Waals surface area (Å²) in [6.45, 7) is 4.18. The Labute approximate surface area is 172 Å². The van der Waals surface area contributed by atoms with E-state index in [0.29, 0.717) is 12.3 Å². The molecule has 0 aliphatic rings. The Hall–Kier alpha value is -2.03. The topological polar surface area (TPSA) is 67.8 Å². The van der Waals surface area contributed by atoms with Crippen molar-refractivity contribution >= 4 is 29.9 Å². The van der Waals surface area contributed by atoms with E-state index in [0.717, 1.165) is 42.5 Å². The first-order valence-corrected chi connectivity index (χ1v) is 8.39. The summed E-state index contributed by atoms with van der Waals surface area (Å²) in [7, 11) is 3.26. The maximum absolute atomic E-state index is 5.33. The molecule has 0 aliphatic heterocycles. The van der Waals surface area contributed by atoms with Gasteiger partial charge in [-0.05, 0) is 36.8 Å². The van der Waals surface area contributed by atoms with E-state index in [1.54, 1.807) is 14.2 Å². The Morgan fingerprint density at radius 2 is 1.88 bits per heavy atom. The average Bonchev–Trinajstić information content (AvgIpc) is 2.66. The molecule has 1 heterocycles. The Bertz CT molecular complexity index is 680. The van der Waals surface area contributed by atoms with Crippen LogP contribution in [0.2, 0.25) is 0 Å². The third kappa shape index (κ3) is 7.07. The zero-order chi connectivity index (χ0) is 17.9. The number of halogens is 1. The van der Waals surface area contributed by atoms with Gasteiger partial charge in [-0.3, -0.25) is 4.98 Å². The molecule has 0 aliphatic carbocycles. The molecule has 0 atom stereocenters. The van der Waals surface area contributed by atoms with Gasteiger partial charge in [-0.1, -0.05) is 12.1 Å². The molecule has 6 nitrogen and oxygen atoms in total. The van der Waals surface area contributed by atoms with Crippen LogP contribution in [-0.2, 0) is 13.0 Å². The largest absolute Gasteiger partial charge is 0.493 e. The van der Waals surface area contributed by atoms with Crippen LogP contribution < -0.4 is 20.1 Å². The van der Waals surface area contributed by atoms with Gasteiger partial charge in [0, 0.05) is 31.4 Å². The van der Waals surface area contributed by atoms with Crippen molar-refractivity contribution in [1.82, 2.24) is 15.6 Å². The maximum atomic E-state index is 5.33. The fourth-order valence-corrected chi connectivity index (χ4v) is 2.35. The molecule has 2 aromatic rings. The van der Waals surface area contributed by atoms with Crippen molar-refractivity contribution < 1.29 is 9.47 Å². The van der Waals surface area contributed by atoms with Crippen LogP contribution in [0.3, 0.4) is 0 Å². The van der Waals surface area contributed by atoms with Crippen molar-refractivity contribution in [3.05, 3.63) is 53.9 Å².